The molecular formula is C13H15N3O3. The van der Waals surface area contributed by atoms with Crippen LogP contribution in [0.3, 0.4) is 0 Å². The van der Waals surface area contributed by atoms with Gasteiger partial charge in [0.2, 0.25) is 0 Å². The van der Waals surface area contributed by atoms with Gasteiger partial charge in [0.05, 0.1) is 11.4 Å². The molecule has 1 aromatic heterocycles. The topological polar surface area (TPSA) is 88.2 Å². The van der Waals surface area contributed by atoms with Crippen LogP contribution in [0.2, 0.25) is 0 Å². The van der Waals surface area contributed by atoms with Gasteiger partial charge in [-0.3, -0.25) is 0 Å². The van der Waals surface area contributed by atoms with Crippen molar-refractivity contribution in [1.29, 1.82) is 0 Å². The Labute approximate surface area is 110 Å². The van der Waals surface area contributed by atoms with Gasteiger partial charge in [-0.25, -0.2) is 9.48 Å². The highest BCUT2D eigenvalue weighted by atomic mass is 16.4. The highest BCUT2D eigenvalue weighted by Crippen LogP contribution is 2.19. The monoisotopic (exact) mass is 261 g/mol. The molecule has 0 fully saturated rings. The van der Waals surface area contributed by atoms with Gasteiger partial charge in [0.15, 0.2) is 5.69 Å². The van der Waals surface area contributed by atoms with Crippen LogP contribution >= 0.6 is 0 Å². The number of nitrogens with zero attached hydrogens (tertiary/aromatic N) is 3. The summed E-state index contributed by atoms with van der Waals surface area (Å²) in [5.41, 5.74) is 1.21. The van der Waals surface area contributed by atoms with Crippen LogP contribution in [0.5, 0.6) is 5.75 Å². The third kappa shape index (κ3) is 2.73. The normalized spacial score (nSPS) is 10.9. The van der Waals surface area contributed by atoms with Crippen molar-refractivity contribution in [2.45, 2.75) is 20.3 Å². The first-order chi connectivity index (χ1) is 8.99. The molecular weight excluding hydrogens is 246 g/mol. The van der Waals surface area contributed by atoms with E-state index in [1.54, 1.807) is 12.1 Å². The Kier molecular flexibility index (Phi) is 3.50. The summed E-state index contributed by atoms with van der Waals surface area (Å²) in [5, 5.41) is 26.0. The molecule has 0 bridgehead atoms. The Morgan fingerprint density at radius 2 is 1.95 bits per heavy atom. The number of aromatic hydroxyl groups is 1. The van der Waals surface area contributed by atoms with Crippen LogP contribution in [0.25, 0.3) is 5.69 Å². The van der Waals surface area contributed by atoms with Crippen LogP contribution in [0.15, 0.2) is 24.3 Å². The molecule has 0 aliphatic heterocycles. The number of phenolic OH excluding ortho intramolecular Hbond substituents is 1. The zero-order chi connectivity index (χ0) is 14.0. The predicted octanol–water partition coefficient (Wildman–Crippen LogP) is 1.87. The molecule has 0 saturated carbocycles. The van der Waals surface area contributed by atoms with E-state index >= 15 is 0 Å². The summed E-state index contributed by atoms with van der Waals surface area (Å²) in [6.45, 7) is 4.00. The van der Waals surface area contributed by atoms with Crippen molar-refractivity contribution >= 4 is 5.97 Å². The van der Waals surface area contributed by atoms with Gasteiger partial charge in [0, 0.05) is 0 Å². The maximum absolute atomic E-state index is 11.1. The molecule has 6 heteroatoms. The number of carboxylic acid groups (broad SMARTS) is 1. The summed E-state index contributed by atoms with van der Waals surface area (Å²) < 4.78 is 1.50. The summed E-state index contributed by atoms with van der Waals surface area (Å²) in [4.78, 5) is 11.1. The molecule has 2 aromatic rings. The van der Waals surface area contributed by atoms with E-state index in [0.29, 0.717) is 17.8 Å². The van der Waals surface area contributed by atoms with E-state index in [-0.39, 0.29) is 17.4 Å². The Morgan fingerprint density at radius 3 is 2.47 bits per heavy atom. The van der Waals surface area contributed by atoms with Gasteiger partial charge in [-0.05, 0) is 36.6 Å². The number of carboxylic acids is 1. The lowest BCUT2D eigenvalue weighted by Gasteiger charge is -2.09. The van der Waals surface area contributed by atoms with Gasteiger partial charge in [-0.2, -0.15) is 0 Å². The third-order valence-corrected chi connectivity index (χ3v) is 2.66. The van der Waals surface area contributed by atoms with Crippen molar-refractivity contribution in [1.82, 2.24) is 15.0 Å². The summed E-state index contributed by atoms with van der Waals surface area (Å²) in [7, 11) is 0. The van der Waals surface area contributed by atoms with E-state index in [0.717, 1.165) is 0 Å². The predicted molar refractivity (Wildman–Crippen MR) is 68.5 cm³/mol. The Bertz CT molecular complexity index is 588. The first-order valence-electron chi connectivity index (χ1n) is 5.96. The van der Waals surface area contributed by atoms with Gasteiger partial charge in [0.1, 0.15) is 5.75 Å². The average molecular weight is 261 g/mol. The van der Waals surface area contributed by atoms with Crippen LogP contribution in [-0.4, -0.2) is 31.2 Å². The summed E-state index contributed by atoms with van der Waals surface area (Å²) in [5.74, 6) is -0.652. The molecule has 0 spiro atoms. The standard InChI is InChI=1S/C13H15N3O3/c1-8(2)7-11-12(13(18)19)14-15-16(11)9-3-5-10(17)6-4-9/h3-6,8,17H,7H2,1-2H3,(H,18,19). The van der Waals surface area contributed by atoms with Crippen molar-refractivity contribution < 1.29 is 15.0 Å². The van der Waals surface area contributed by atoms with Crippen LogP contribution < -0.4 is 0 Å². The fourth-order valence-corrected chi connectivity index (χ4v) is 1.84. The minimum Gasteiger partial charge on any atom is -0.508 e. The minimum atomic E-state index is -1.08. The van der Waals surface area contributed by atoms with Crippen LogP contribution in [-0.2, 0) is 6.42 Å². The van der Waals surface area contributed by atoms with E-state index in [1.807, 2.05) is 13.8 Å². The number of hydrogen-bond donors (Lipinski definition) is 2. The van der Waals surface area contributed by atoms with Crippen molar-refractivity contribution in [3.8, 4) is 11.4 Å². The fourth-order valence-electron chi connectivity index (χ4n) is 1.84. The molecule has 0 unspecified atom stereocenters. The maximum Gasteiger partial charge on any atom is 0.358 e. The number of aromatic carboxylic acids is 1. The first kappa shape index (κ1) is 13.1. The largest absolute Gasteiger partial charge is 0.508 e. The molecule has 1 heterocycles. The number of benzene rings is 1. The zero-order valence-electron chi connectivity index (χ0n) is 10.7. The Hall–Kier alpha value is -2.37. The Balaban J connectivity index is 2.50. The fraction of sp³-hybridized carbons (Fsp3) is 0.308. The van der Waals surface area contributed by atoms with Crippen molar-refractivity contribution in [2.75, 3.05) is 0 Å². The van der Waals surface area contributed by atoms with E-state index < -0.39 is 5.97 Å². The lowest BCUT2D eigenvalue weighted by atomic mass is 10.1. The molecule has 2 rings (SSSR count). The molecule has 0 aliphatic carbocycles. The van der Waals surface area contributed by atoms with Gasteiger partial charge >= 0.3 is 5.97 Å². The van der Waals surface area contributed by atoms with Gasteiger partial charge in [-0.15, -0.1) is 5.10 Å². The van der Waals surface area contributed by atoms with Gasteiger partial charge in [-0.1, -0.05) is 19.1 Å². The third-order valence-electron chi connectivity index (χ3n) is 2.66. The molecule has 0 saturated heterocycles. The second kappa shape index (κ2) is 5.09. The van der Waals surface area contributed by atoms with E-state index in [4.69, 9.17) is 5.11 Å². The number of carbonyl (C=O) groups is 1. The lowest BCUT2D eigenvalue weighted by molar-refractivity contribution is 0.0689. The second-order valence-corrected chi connectivity index (χ2v) is 4.72. The van der Waals surface area contributed by atoms with E-state index in [2.05, 4.69) is 10.3 Å². The van der Waals surface area contributed by atoms with Crippen molar-refractivity contribution in [3.63, 3.8) is 0 Å². The highest BCUT2D eigenvalue weighted by molar-refractivity contribution is 5.86. The number of phenols is 1. The highest BCUT2D eigenvalue weighted by Gasteiger charge is 2.20. The minimum absolute atomic E-state index is 0.0261. The molecule has 19 heavy (non-hydrogen) atoms. The van der Waals surface area contributed by atoms with Crippen LogP contribution in [0, 0.1) is 5.92 Å². The summed E-state index contributed by atoms with van der Waals surface area (Å²) in [6, 6.07) is 6.38. The molecule has 0 amide bonds. The first-order valence-corrected chi connectivity index (χ1v) is 5.96. The van der Waals surface area contributed by atoms with Crippen molar-refractivity contribution in [3.05, 3.63) is 35.7 Å². The van der Waals surface area contributed by atoms with Crippen LogP contribution in [0.1, 0.15) is 30.0 Å². The number of hydrogen-bond acceptors (Lipinski definition) is 4. The van der Waals surface area contributed by atoms with Crippen molar-refractivity contribution in [2.24, 2.45) is 5.92 Å². The second-order valence-electron chi connectivity index (χ2n) is 4.72. The van der Waals surface area contributed by atoms with E-state index in [1.165, 1.54) is 16.8 Å². The molecule has 6 nitrogen and oxygen atoms in total. The zero-order valence-corrected chi connectivity index (χ0v) is 10.7. The Morgan fingerprint density at radius 1 is 1.32 bits per heavy atom. The smallest absolute Gasteiger partial charge is 0.358 e. The quantitative estimate of drug-likeness (QED) is 0.877. The van der Waals surface area contributed by atoms with Crippen LogP contribution in [0.4, 0.5) is 0 Å². The summed E-state index contributed by atoms with van der Waals surface area (Å²) in [6.07, 6.45) is 0.565. The lowest BCUT2D eigenvalue weighted by Crippen LogP contribution is -2.09. The molecule has 0 radical (unpaired) electrons. The molecule has 0 atom stereocenters. The van der Waals surface area contributed by atoms with E-state index in [9.17, 15) is 9.90 Å². The van der Waals surface area contributed by atoms with Gasteiger partial charge in [0.25, 0.3) is 0 Å². The molecule has 1 aromatic carbocycles. The molecule has 100 valence electrons. The number of rotatable bonds is 4. The SMILES string of the molecule is CC(C)Cc1c(C(=O)O)nnn1-c1ccc(O)cc1. The van der Waals surface area contributed by atoms with Gasteiger partial charge < -0.3 is 10.2 Å². The number of aromatic nitrogens is 3. The molecule has 2 N–H and O–H groups in total. The maximum atomic E-state index is 11.1. The average Bonchev–Trinajstić information content (AvgIpc) is 2.73. The summed E-state index contributed by atoms with van der Waals surface area (Å²) >= 11 is 0. The molecule has 0 aliphatic rings.